The van der Waals surface area contributed by atoms with E-state index >= 15 is 0 Å². The molecule has 3 amide bonds. The van der Waals surface area contributed by atoms with E-state index in [2.05, 4.69) is 16.0 Å². The first-order valence-corrected chi connectivity index (χ1v) is 15.3. The van der Waals surface area contributed by atoms with Crippen LogP contribution in [0.25, 0.3) is 6.08 Å². The van der Waals surface area contributed by atoms with Crippen LogP contribution < -0.4 is 34.9 Å². The Hall–Kier alpha value is -5.42. The molecule has 0 spiro atoms. The number of methoxy groups -OCH3 is 3. The van der Waals surface area contributed by atoms with E-state index in [1.165, 1.54) is 39.2 Å². The van der Waals surface area contributed by atoms with E-state index in [0.29, 0.717) is 46.4 Å². The van der Waals surface area contributed by atoms with Crippen LogP contribution in [0.5, 0.6) is 23.0 Å². The Balaban J connectivity index is 1.47. The third-order valence-corrected chi connectivity index (χ3v) is 7.51. The molecule has 0 atom stereocenters. The van der Waals surface area contributed by atoms with Gasteiger partial charge >= 0.3 is 0 Å². The van der Waals surface area contributed by atoms with Gasteiger partial charge in [0.1, 0.15) is 17.2 Å². The highest BCUT2D eigenvalue weighted by Crippen LogP contribution is 2.35. The van der Waals surface area contributed by atoms with Gasteiger partial charge in [0.15, 0.2) is 11.5 Å². The van der Waals surface area contributed by atoms with Crippen LogP contribution in [0.15, 0.2) is 102 Å². The Bertz CT molecular complexity index is 1680. The van der Waals surface area contributed by atoms with Crippen LogP contribution in [-0.4, -0.2) is 51.4 Å². The lowest BCUT2D eigenvalue weighted by Gasteiger charge is -2.15. The molecule has 4 aromatic carbocycles. The number of carbonyl (C=O) groups is 3. The standard InChI is InChI=1S/C35H35N3O7S/c1-5-45-27-15-11-25(12-16-27)36-33(39)22-46-28-17-13-26(14-18-28)37-35(41)29(38-34(40)23-9-7-6-8-10-23)19-24-20-31(43-3)32(44-4)21-30(24)42-2/h6-21H,5,22H2,1-4H3,(H,36,39)(H,37,41)(H,38,40)/b29-19-. The van der Waals surface area contributed by atoms with Crippen LogP contribution in [0.2, 0.25) is 0 Å². The van der Waals surface area contributed by atoms with Crippen molar-refractivity contribution in [1.82, 2.24) is 5.32 Å². The molecule has 46 heavy (non-hydrogen) atoms. The predicted octanol–water partition coefficient (Wildman–Crippen LogP) is 6.25. The first-order chi connectivity index (χ1) is 22.3. The largest absolute Gasteiger partial charge is 0.496 e. The first kappa shape index (κ1) is 33.5. The van der Waals surface area contributed by atoms with Gasteiger partial charge in [-0.15, -0.1) is 11.8 Å². The molecule has 3 N–H and O–H groups in total. The van der Waals surface area contributed by atoms with Gasteiger partial charge in [-0.1, -0.05) is 18.2 Å². The van der Waals surface area contributed by atoms with Crippen LogP contribution in [0, 0.1) is 0 Å². The van der Waals surface area contributed by atoms with E-state index in [1.54, 1.807) is 91.0 Å². The Morgan fingerprint density at radius 2 is 1.35 bits per heavy atom. The van der Waals surface area contributed by atoms with Gasteiger partial charge in [-0.2, -0.15) is 0 Å². The van der Waals surface area contributed by atoms with Gasteiger partial charge in [-0.3, -0.25) is 14.4 Å². The van der Waals surface area contributed by atoms with Crippen LogP contribution in [0.3, 0.4) is 0 Å². The average molecular weight is 642 g/mol. The zero-order valence-corrected chi connectivity index (χ0v) is 26.7. The second kappa shape index (κ2) is 16.6. The lowest BCUT2D eigenvalue weighted by molar-refractivity contribution is -0.114. The molecule has 11 heteroatoms. The van der Waals surface area contributed by atoms with E-state index in [4.69, 9.17) is 18.9 Å². The monoisotopic (exact) mass is 641 g/mol. The Kier molecular flexibility index (Phi) is 12.1. The molecule has 0 radical (unpaired) electrons. The lowest BCUT2D eigenvalue weighted by atomic mass is 10.1. The summed E-state index contributed by atoms with van der Waals surface area (Å²) in [5, 5.41) is 8.41. The molecule has 238 valence electrons. The fraction of sp³-hybridized carbons (Fsp3) is 0.171. The summed E-state index contributed by atoms with van der Waals surface area (Å²) >= 11 is 1.36. The summed E-state index contributed by atoms with van der Waals surface area (Å²) in [5.41, 5.74) is 2.01. The van der Waals surface area contributed by atoms with Crippen LogP contribution in [0.1, 0.15) is 22.8 Å². The maximum Gasteiger partial charge on any atom is 0.272 e. The van der Waals surface area contributed by atoms with Crippen molar-refractivity contribution in [1.29, 1.82) is 0 Å². The molecule has 0 saturated heterocycles. The smallest absolute Gasteiger partial charge is 0.272 e. The number of ether oxygens (including phenoxy) is 4. The highest BCUT2D eigenvalue weighted by Gasteiger charge is 2.18. The van der Waals surface area contributed by atoms with Crippen LogP contribution >= 0.6 is 11.8 Å². The molecule has 0 saturated carbocycles. The Labute approximate surface area is 272 Å². The number of hydrogen-bond donors (Lipinski definition) is 3. The molecule has 0 unspecified atom stereocenters. The molecule has 0 aliphatic rings. The second-order valence-electron chi connectivity index (χ2n) is 9.60. The van der Waals surface area contributed by atoms with Crippen molar-refractivity contribution in [3.8, 4) is 23.0 Å². The van der Waals surface area contributed by atoms with Crippen LogP contribution in [-0.2, 0) is 9.59 Å². The number of anilines is 2. The second-order valence-corrected chi connectivity index (χ2v) is 10.6. The third kappa shape index (κ3) is 9.29. The van der Waals surface area contributed by atoms with Crippen molar-refractivity contribution in [2.24, 2.45) is 0 Å². The number of benzene rings is 4. The van der Waals surface area contributed by atoms with Crippen molar-refractivity contribution in [2.45, 2.75) is 11.8 Å². The van der Waals surface area contributed by atoms with Crippen molar-refractivity contribution in [2.75, 3.05) is 44.3 Å². The van der Waals surface area contributed by atoms with E-state index < -0.39 is 11.8 Å². The number of hydrogen-bond acceptors (Lipinski definition) is 8. The van der Waals surface area contributed by atoms with Crippen molar-refractivity contribution in [3.05, 3.63) is 108 Å². The number of amides is 3. The summed E-state index contributed by atoms with van der Waals surface area (Å²) in [6, 6.07) is 26.1. The molecular weight excluding hydrogens is 606 g/mol. The van der Waals surface area contributed by atoms with E-state index in [1.807, 2.05) is 6.92 Å². The zero-order valence-electron chi connectivity index (χ0n) is 25.9. The maximum absolute atomic E-state index is 13.5. The highest BCUT2D eigenvalue weighted by atomic mass is 32.2. The molecular formula is C35H35N3O7S. The minimum absolute atomic E-state index is 0.0243. The number of rotatable bonds is 14. The minimum atomic E-state index is -0.559. The van der Waals surface area contributed by atoms with Gasteiger partial charge in [0.25, 0.3) is 11.8 Å². The normalized spacial score (nSPS) is 10.8. The van der Waals surface area contributed by atoms with E-state index in [9.17, 15) is 14.4 Å². The molecule has 0 fully saturated rings. The Morgan fingerprint density at radius 3 is 1.98 bits per heavy atom. The minimum Gasteiger partial charge on any atom is -0.496 e. The number of carbonyl (C=O) groups excluding carboxylic acids is 3. The molecule has 10 nitrogen and oxygen atoms in total. The van der Waals surface area contributed by atoms with Gasteiger partial charge in [-0.25, -0.2) is 0 Å². The van der Waals surface area contributed by atoms with E-state index in [0.717, 1.165) is 10.6 Å². The van der Waals surface area contributed by atoms with Gasteiger partial charge < -0.3 is 34.9 Å². The fourth-order valence-corrected chi connectivity index (χ4v) is 4.94. The molecule has 0 aliphatic carbocycles. The van der Waals surface area contributed by atoms with Gasteiger partial charge in [0.2, 0.25) is 5.91 Å². The van der Waals surface area contributed by atoms with Crippen molar-refractivity contribution >= 4 is 46.9 Å². The summed E-state index contributed by atoms with van der Waals surface area (Å²) < 4.78 is 21.7. The van der Waals surface area contributed by atoms with Gasteiger partial charge in [0.05, 0.1) is 33.7 Å². The molecule has 0 aromatic heterocycles. The quantitative estimate of drug-likeness (QED) is 0.109. The van der Waals surface area contributed by atoms with Crippen LogP contribution in [0.4, 0.5) is 11.4 Å². The number of thioether (sulfide) groups is 1. The summed E-state index contributed by atoms with van der Waals surface area (Å²) in [4.78, 5) is 39.9. The molecule has 0 aliphatic heterocycles. The number of nitrogens with one attached hydrogen (secondary N) is 3. The summed E-state index contributed by atoms with van der Waals surface area (Å²) in [7, 11) is 4.50. The third-order valence-electron chi connectivity index (χ3n) is 6.50. The Morgan fingerprint density at radius 1 is 0.739 bits per heavy atom. The summed E-state index contributed by atoms with van der Waals surface area (Å²) in [6.45, 7) is 2.48. The zero-order chi connectivity index (χ0) is 32.9. The fourth-order valence-electron chi connectivity index (χ4n) is 4.24. The lowest BCUT2D eigenvalue weighted by Crippen LogP contribution is -2.30. The molecule has 0 heterocycles. The summed E-state index contributed by atoms with van der Waals surface area (Å²) in [5.74, 6) is 1.04. The maximum atomic E-state index is 13.5. The molecule has 0 bridgehead atoms. The average Bonchev–Trinajstić information content (AvgIpc) is 3.08. The van der Waals surface area contributed by atoms with Gasteiger partial charge in [-0.05, 0) is 79.7 Å². The van der Waals surface area contributed by atoms with Gasteiger partial charge in [0, 0.05) is 33.5 Å². The SMILES string of the molecule is CCOc1ccc(NC(=O)CSc2ccc(NC(=O)/C(=C/c3cc(OC)c(OC)cc3OC)NC(=O)c3ccccc3)cc2)cc1. The van der Waals surface area contributed by atoms with E-state index in [-0.39, 0.29) is 17.4 Å². The topological polar surface area (TPSA) is 124 Å². The first-order valence-electron chi connectivity index (χ1n) is 14.3. The van der Waals surface area contributed by atoms with Crippen molar-refractivity contribution in [3.63, 3.8) is 0 Å². The highest BCUT2D eigenvalue weighted by molar-refractivity contribution is 8.00. The summed E-state index contributed by atoms with van der Waals surface area (Å²) in [6.07, 6.45) is 1.50. The molecule has 4 rings (SSSR count). The molecule has 4 aromatic rings. The van der Waals surface area contributed by atoms with Crippen molar-refractivity contribution < 1.29 is 33.3 Å². The predicted molar refractivity (Wildman–Crippen MR) is 180 cm³/mol.